The van der Waals surface area contributed by atoms with Gasteiger partial charge in [0.2, 0.25) is 5.91 Å². The van der Waals surface area contributed by atoms with Crippen LogP contribution in [0.15, 0.2) is 0 Å². The second-order valence-electron chi connectivity index (χ2n) is 3.84. The van der Waals surface area contributed by atoms with Gasteiger partial charge < -0.3 is 15.8 Å². The number of hydrogen-bond acceptors (Lipinski definition) is 3. The first-order chi connectivity index (χ1) is 6.29. The van der Waals surface area contributed by atoms with Gasteiger partial charge in [-0.1, -0.05) is 0 Å². The van der Waals surface area contributed by atoms with Crippen LogP contribution in [0.3, 0.4) is 0 Å². The molecule has 1 heterocycles. The van der Waals surface area contributed by atoms with Crippen molar-refractivity contribution in [3.63, 3.8) is 0 Å². The lowest BCUT2D eigenvalue weighted by atomic mass is 10.2. The lowest BCUT2D eigenvalue weighted by Crippen LogP contribution is -2.36. The molecule has 4 nitrogen and oxygen atoms in total. The van der Waals surface area contributed by atoms with Gasteiger partial charge in [-0.2, -0.15) is 0 Å². The molecule has 2 rings (SSSR count). The van der Waals surface area contributed by atoms with E-state index in [-0.39, 0.29) is 18.1 Å². The summed E-state index contributed by atoms with van der Waals surface area (Å²) in [6.45, 7) is 0.521. The number of nitrogens with two attached hydrogens (primary N) is 1. The largest absolute Gasteiger partial charge is 0.364 e. The molecule has 1 aliphatic carbocycles. The van der Waals surface area contributed by atoms with Crippen molar-refractivity contribution in [1.82, 2.24) is 5.32 Å². The van der Waals surface area contributed by atoms with Crippen molar-refractivity contribution in [3.8, 4) is 0 Å². The minimum Gasteiger partial charge on any atom is -0.364 e. The Labute approximate surface area is 77.8 Å². The van der Waals surface area contributed by atoms with Gasteiger partial charge in [-0.25, -0.2) is 0 Å². The zero-order valence-corrected chi connectivity index (χ0v) is 7.66. The molecule has 1 amide bonds. The van der Waals surface area contributed by atoms with E-state index < -0.39 is 0 Å². The lowest BCUT2D eigenvalue weighted by Gasteiger charge is -2.11. The maximum absolute atomic E-state index is 11.5. The van der Waals surface area contributed by atoms with E-state index in [2.05, 4.69) is 5.32 Å². The molecule has 0 aromatic heterocycles. The Balaban J connectivity index is 1.77. The van der Waals surface area contributed by atoms with E-state index >= 15 is 0 Å². The van der Waals surface area contributed by atoms with Gasteiger partial charge in [0, 0.05) is 12.6 Å². The summed E-state index contributed by atoms with van der Waals surface area (Å²) in [5.74, 6) is 0.0541. The van der Waals surface area contributed by atoms with E-state index in [1.807, 2.05) is 0 Å². The first-order valence-corrected chi connectivity index (χ1v) is 4.95. The Bertz CT molecular complexity index is 204. The number of nitrogens with one attached hydrogen (secondary N) is 1. The second-order valence-corrected chi connectivity index (χ2v) is 3.84. The fourth-order valence-electron chi connectivity index (χ4n) is 1.59. The second kappa shape index (κ2) is 3.64. The molecule has 0 spiro atoms. The predicted molar refractivity (Wildman–Crippen MR) is 48.1 cm³/mol. The third-order valence-electron chi connectivity index (χ3n) is 2.59. The summed E-state index contributed by atoms with van der Waals surface area (Å²) in [5, 5.41) is 2.94. The molecular weight excluding hydrogens is 168 g/mol. The SMILES string of the molecule is NCC1CCC(C(=O)NC2CC2)O1. The number of carbonyl (C=O) groups is 1. The van der Waals surface area contributed by atoms with E-state index in [0.29, 0.717) is 12.6 Å². The third-order valence-corrected chi connectivity index (χ3v) is 2.59. The average molecular weight is 184 g/mol. The highest BCUT2D eigenvalue weighted by Gasteiger charge is 2.33. The van der Waals surface area contributed by atoms with Crippen molar-refractivity contribution >= 4 is 5.91 Å². The van der Waals surface area contributed by atoms with Crippen molar-refractivity contribution in [2.24, 2.45) is 5.73 Å². The van der Waals surface area contributed by atoms with E-state index in [9.17, 15) is 4.79 Å². The van der Waals surface area contributed by atoms with Gasteiger partial charge in [0.1, 0.15) is 6.10 Å². The predicted octanol–water partition coefficient (Wildman–Crippen LogP) is -0.229. The number of rotatable bonds is 3. The van der Waals surface area contributed by atoms with Gasteiger partial charge in [-0.15, -0.1) is 0 Å². The van der Waals surface area contributed by atoms with Gasteiger partial charge in [-0.05, 0) is 25.7 Å². The number of ether oxygens (including phenoxy) is 1. The molecule has 13 heavy (non-hydrogen) atoms. The van der Waals surface area contributed by atoms with Crippen LogP contribution in [0, 0.1) is 0 Å². The Morgan fingerprint density at radius 1 is 1.38 bits per heavy atom. The number of amides is 1. The maximum Gasteiger partial charge on any atom is 0.249 e. The molecule has 4 heteroatoms. The summed E-state index contributed by atoms with van der Waals surface area (Å²) < 4.78 is 5.46. The molecular formula is C9H16N2O2. The van der Waals surface area contributed by atoms with Gasteiger partial charge in [0.15, 0.2) is 0 Å². The van der Waals surface area contributed by atoms with Crippen LogP contribution in [0.2, 0.25) is 0 Å². The Morgan fingerprint density at radius 3 is 2.69 bits per heavy atom. The van der Waals surface area contributed by atoms with Crippen molar-refractivity contribution in [3.05, 3.63) is 0 Å². The topological polar surface area (TPSA) is 64.4 Å². The molecule has 74 valence electrons. The van der Waals surface area contributed by atoms with E-state index in [4.69, 9.17) is 10.5 Å². The van der Waals surface area contributed by atoms with Gasteiger partial charge in [0.25, 0.3) is 0 Å². The quantitative estimate of drug-likeness (QED) is 0.637. The minimum atomic E-state index is -0.242. The van der Waals surface area contributed by atoms with Crippen molar-refractivity contribution in [2.45, 2.75) is 43.9 Å². The Kier molecular flexibility index (Phi) is 2.51. The summed E-state index contributed by atoms with van der Waals surface area (Å²) in [6, 6.07) is 0.424. The standard InChI is InChI=1S/C9H16N2O2/c10-5-7-3-4-8(13-7)9(12)11-6-1-2-6/h6-8H,1-5,10H2,(H,11,12). The summed E-state index contributed by atoms with van der Waals surface area (Å²) in [4.78, 5) is 11.5. The van der Waals surface area contributed by atoms with Crippen molar-refractivity contribution in [2.75, 3.05) is 6.54 Å². The van der Waals surface area contributed by atoms with E-state index in [0.717, 1.165) is 25.7 Å². The lowest BCUT2D eigenvalue weighted by molar-refractivity contribution is -0.131. The van der Waals surface area contributed by atoms with E-state index in [1.54, 1.807) is 0 Å². The summed E-state index contributed by atoms with van der Waals surface area (Å²) in [5.41, 5.74) is 5.45. The fraction of sp³-hybridized carbons (Fsp3) is 0.889. The zero-order valence-electron chi connectivity index (χ0n) is 7.66. The number of carbonyl (C=O) groups excluding carboxylic acids is 1. The van der Waals surface area contributed by atoms with Crippen LogP contribution in [-0.2, 0) is 9.53 Å². The number of hydrogen-bond donors (Lipinski definition) is 2. The molecule has 2 unspecified atom stereocenters. The van der Waals surface area contributed by atoms with Crippen LogP contribution in [0.25, 0.3) is 0 Å². The first-order valence-electron chi connectivity index (χ1n) is 4.95. The van der Waals surface area contributed by atoms with E-state index in [1.165, 1.54) is 0 Å². The van der Waals surface area contributed by atoms with Crippen LogP contribution in [0.1, 0.15) is 25.7 Å². The monoisotopic (exact) mass is 184 g/mol. The fourth-order valence-corrected chi connectivity index (χ4v) is 1.59. The summed E-state index contributed by atoms with van der Waals surface area (Å²) in [6.07, 6.45) is 3.83. The maximum atomic E-state index is 11.5. The highest BCUT2D eigenvalue weighted by molar-refractivity contribution is 5.81. The molecule has 1 saturated carbocycles. The third kappa shape index (κ3) is 2.19. The van der Waals surface area contributed by atoms with Gasteiger partial charge in [0.05, 0.1) is 6.10 Å². The van der Waals surface area contributed by atoms with Crippen molar-refractivity contribution < 1.29 is 9.53 Å². The highest BCUT2D eigenvalue weighted by atomic mass is 16.5. The van der Waals surface area contributed by atoms with Gasteiger partial charge in [-0.3, -0.25) is 4.79 Å². The van der Waals surface area contributed by atoms with Crippen LogP contribution in [0.5, 0.6) is 0 Å². The zero-order chi connectivity index (χ0) is 9.26. The molecule has 2 atom stereocenters. The normalized spacial score (nSPS) is 33.3. The molecule has 2 aliphatic rings. The minimum absolute atomic E-state index is 0.0541. The summed E-state index contributed by atoms with van der Waals surface area (Å²) >= 11 is 0. The molecule has 1 saturated heterocycles. The smallest absolute Gasteiger partial charge is 0.249 e. The molecule has 0 aromatic rings. The van der Waals surface area contributed by atoms with Crippen LogP contribution < -0.4 is 11.1 Å². The van der Waals surface area contributed by atoms with Gasteiger partial charge >= 0.3 is 0 Å². The highest BCUT2D eigenvalue weighted by Crippen LogP contribution is 2.22. The molecule has 1 aliphatic heterocycles. The molecule has 0 radical (unpaired) electrons. The average Bonchev–Trinajstić information content (AvgIpc) is 2.82. The Hall–Kier alpha value is -0.610. The van der Waals surface area contributed by atoms with Crippen LogP contribution in [0.4, 0.5) is 0 Å². The summed E-state index contributed by atoms with van der Waals surface area (Å²) in [7, 11) is 0. The first kappa shape index (κ1) is 8.97. The van der Waals surface area contributed by atoms with Crippen molar-refractivity contribution in [1.29, 1.82) is 0 Å². The Morgan fingerprint density at radius 2 is 2.15 bits per heavy atom. The van der Waals surface area contributed by atoms with Crippen LogP contribution in [-0.4, -0.2) is 30.7 Å². The molecule has 0 aromatic carbocycles. The molecule has 2 fully saturated rings. The van der Waals surface area contributed by atoms with Crippen LogP contribution >= 0.6 is 0 Å². The molecule has 3 N–H and O–H groups in total. The molecule has 0 bridgehead atoms.